The minimum absolute atomic E-state index is 0.310. The third-order valence-corrected chi connectivity index (χ3v) is 2.10. The Bertz CT molecular complexity index is 285. The molecule has 0 amide bonds. The van der Waals surface area contributed by atoms with Gasteiger partial charge in [0, 0.05) is 6.04 Å². The van der Waals surface area contributed by atoms with Crippen LogP contribution in [-0.4, -0.2) is 36.4 Å². The zero-order chi connectivity index (χ0) is 12.3. The van der Waals surface area contributed by atoms with E-state index in [-0.39, 0.29) is 6.04 Å². The summed E-state index contributed by atoms with van der Waals surface area (Å²) in [6, 6.07) is -0.928. The molecule has 16 heavy (non-hydrogen) atoms. The molecule has 1 heterocycles. The van der Waals surface area contributed by atoms with Crippen LogP contribution < -0.4 is 11.1 Å². The lowest BCUT2D eigenvalue weighted by molar-refractivity contribution is -0.143. The number of carbonyl (C=O) groups excluding carboxylic acids is 2. The quantitative estimate of drug-likeness (QED) is 0.492. The lowest BCUT2D eigenvalue weighted by Crippen LogP contribution is -2.45. The highest BCUT2D eigenvalue weighted by Crippen LogP contribution is 2.10. The Balaban J connectivity index is 2.42. The molecule has 1 aliphatic rings. The maximum atomic E-state index is 11.5. The summed E-state index contributed by atoms with van der Waals surface area (Å²) in [7, 11) is 0. The van der Waals surface area contributed by atoms with Gasteiger partial charge in [0.1, 0.15) is 11.6 Å². The van der Waals surface area contributed by atoms with Crippen molar-refractivity contribution in [2.45, 2.75) is 44.9 Å². The minimum Gasteiger partial charge on any atom is -0.428 e. The molecule has 1 fully saturated rings. The van der Waals surface area contributed by atoms with E-state index in [1.165, 1.54) is 0 Å². The second-order valence-corrected chi connectivity index (χ2v) is 4.77. The van der Waals surface area contributed by atoms with Crippen molar-refractivity contribution in [3.05, 3.63) is 0 Å². The molecule has 92 valence electrons. The van der Waals surface area contributed by atoms with Gasteiger partial charge in [0.15, 0.2) is 0 Å². The molecule has 6 heteroatoms. The molecule has 1 saturated heterocycles. The van der Waals surface area contributed by atoms with Crippen LogP contribution in [0.25, 0.3) is 0 Å². The van der Waals surface area contributed by atoms with Gasteiger partial charge in [-0.3, -0.25) is 0 Å². The summed E-state index contributed by atoms with van der Waals surface area (Å²) in [5.74, 6) is -0.681. The van der Waals surface area contributed by atoms with Crippen molar-refractivity contribution in [2.75, 3.05) is 6.54 Å². The van der Waals surface area contributed by atoms with Crippen molar-refractivity contribution in [1.29, 1.82) is 0 Å². The zero-order valence-electron chi connectivity index (χ0n) is 9.78. The van der Waals surface area contributed by atoms with Crippen LogP contribution in [0, 0.1) is 0 Å². The first-order valence-corrected chi connectivity index (χ1v) is 5.23. The number of rotatable bonds is 1. The number of nitrogens with two attached hydrogens (primary N) is 1. The molecule has 2 atom stereocenters. The Morgan fingerprint density at radius 2 is 2.00 bits per heavy atom. The van der Waals surface area contributed by atoms with Crippen LogP contribution in [0.4, 0.5) is 4.79 Å². The molecular weight excluding hydrogens is 212 g/mol. The van der Waals surface area contributed by atoms with Gasteiger partial charge >= 0.3 is 12.1 Å². The minimum atomic E-state index is -0.988. The summed E-state index contributed by atoms with van der Waals surface area (Å²) in [5.41, 5.74) is 4.99. The van der Waals surface area contributed by atoms with Crippen LogP contribution in [0.5, 0.6) is 0 Å². The maximum absolute atomic E-state index is 11.5. The Hall–Kier alpha value is -1.14. The number of hydrogen-bond donors (Lipinski definition) is 2. The molecule has 0 spiro atoms. The van der Waals surface area contributed by atoms with E-state index in [2.05, 4.69) is 10.1 Å². The van der Waals surface area contributed by atoms with Crippen molar-refractivity contribution < 1.29 is 19.1 Å². The van der Waals surface area contributed by atoms with Gasteiger partial charge in [-0.15, -0.1) is 0 Å². The monoisotopic (exact) mass is 230 g/mol. The highest BCUT2D eigenvalue weighted by molar-refractivity contribution is 5.86. The van der Waals surface area contributed by atoms with Crippen molar-refractivity contribution in [2.24, 2.45) is 5.73 Å². The highest BCUT2D eigenvalue weighted by Gasteiger charge is 2.33. The fraction of sp³-hybridized carbons (Fsp3) is 0.800. The first-order chi connectivity index (χ1) is 7.29. The summed E-state index contributed by atoms with van der Waals surface area (Å²) < 4.78 is 9.39. The van der Waals surface area contributed by atoms with E-state index in [4.69, 9.17) is 10.5 Å². The first-order valence-electron chi connectivity index (χ1n) is 5.23. The largest absolute Gasteiger partial charge is 0.516 e. The molecule has 0 aliphatic carbocycles. The van der Waals surface area contributed by atoms with Crippen LogP contribution >= 0.6 is 0 Å². The third kappa shape index (κ3) is 3.79. The Morgan fingerprint density at radius 3 is 2.44 bits per heavy atom. The molecule has 0 aromatic carbocycles. The third-order valence-electron chi connectivity index (χ3n) is 2.10. The summed E-state index contributed by atoms with van der Waals surface area (Å²) in [4.78, 5) is 22.7. The average molecular weight is 230 g/mol. The van der Waals surface area contributed by atoms with E-state index >= 15 is 0 Å². The second kappa shape index (κ2) is 4.80. The van der Waals surface area contributed by atoms with Gasteiger partial charge in [-0.1, -0.05) is 0 Å². The number of hydrogen-bond acceptors (Lipinski definition) is 6. The van der Waals surface area contributed by atoms with Crippen LogP contribution in [0.1, 0.15) is 27.2 Å². The Morgan fingerprint density at radius 1 is 1.38 bits per heavy atom. The van der Waals surface area contributed by atoms with E-state index in [1.807, 2.05) is 0 Å². The van der Waals surface area contributed by atoms with E-state index in [9.17, 15) is 9.59 Å². The van der Waals surface area contributed by atoms with Gasteiger partial charge in [-0.05, 0) is 33.7 Å². The molecule has 0 bridgehead atoms. The SMILES string of the molecule is CC(C)(C)OC(=O)OC(=O)C1NCCC1N. The predicted octanol–water partition coefficient (Wildman–Crippen LogP) is 0.154. The Labute approximate surface area is 94.5 Å². The van der Waals surface area contributed by atoms with Gasteiger partial charge in [0.25, 0.3) is 0 Å². The topological polar surface area (TPSA) is 90.6 Å². The fourth-order valence-electron chi connectivity index (χ4n) is 1.40. The molecule has 0 radical (unpaired) electrons. The summed E-state index contributed by atoms with van der Waals surface area (Å²) in [5, 5.41) is 2.87. The van der Waals surface area contributed by atoms with Gasteiger partial charge in [0.2, 0.25) is 0 Å². The second-order valence-electron chi connectivity index (χ2n) is 4.77. The first kappa shape index (κ1) is 12.9. The molecule has 1 aliphatic heterocycles. The molecule has 0 aromatic rings. The Kier molecular flexibility index (Phi) is 3.88. The van der Waals surface area contributed by atoms with Gasteiger partial charge in [-0.25, -0.2) is 9.59 Å². The number of ether oxygens (including phenoxy) is 2. The summed E-state index contributed by atoms with van der Waals surface area (Å²) in [6.45, 7) is 5.73. The van der Waals surface area contributed by atoms with Gasteiger partial charge in [0.05, 0.1) is 0 Å². The molecule has 1 rings (SSSR count). The van der Waals surface area contributed by atoms with E-state index < -0.39 is 23.8 Å². The van der Waals surface area contributed by atoms with Gasteiger partial charge < -0.3 is 20.5 Å². The molecule has 2 unspecified atom stereocenters. The lowest BCUT2D eigenvalue weighted by Gasteiger charge is -2.19. The average Bonchev–Trinajstić information content (AvgIpc) is 2.47. The fourth-order valence-corrected chi connectivity index (χ4v) is 1.40. The van der Waals surface area contributed by atoms with E-state index in [0.717, 1.165) is 0 Å². The molecule has 3 N–H and O–H groups in total. The van der Waals surface area contributed by atoms with E-state index in [1.54, 1.807) is 20.8 Å². The smallest absolute Gasteiger partial charge is 0.428 e. The number of carbonyl (C=O) groups is 2. The summed E-state index contributed by atoms with van der Waals surface area (Å²) in [6.07, 6.45) is -0.299. The molecule has 6 nitrogen and oxygen atoms in total. The van der Waals surface area contributed by atoms with Crippen LogP contribution in [-0.2, 0) is 14.3 Å². The van der Waals surface area contributed by atoms with Crippen LogP contribution in [0.15, 0.2) is 0 Å². The molecular formula is C10H18N2O4. The molecule has 0 aromatic heterocycles. The molecule has 0 saturated carbocycles. The summed E-state index contributed by atoms with van der Waals surface area (Å²) >= 11 is 0. The van der Waals surface area contributed by atoms with Crippen LogP contribution in [0.3, 0.4) is 0 Å². The standard InChI is InChI=1S/C10H18N2O4/c1-10(2,3)16-9(14)15-8(13)7-6(11)4-5-12-7/h6-7,12H,4-5,11H2,1-3H3. The van der Waals surface area contributed by atoms with E-state index in [0.29, 0.717) is 13.0 Å². The number of nitrogens with one attached hydrogen (secondary N) is 1. The van der Waals surface area contributed by atoms with Crippen molar-refractivity contribution >= 4 is 12.1 Å². The zero-order valence-corrected chi connectivity index (χ0v) is 9.78. The normalized spacial score (nSPS) is 25.2. The van der Waals surface area contributed by atoms with Crippen molar-refractivity contribution in [3.8, 4) is 0 Å². The maximum Gasteiger partial charge on any atom is 0.516 e. The van der Waals surface area contributed by atoms with Crippen molar-refractivity contribution in [3.63, 3.8) is 0 Å². The predicted molar refractivity (Wildman–Crippen MR) is 56.7 cm³/mol. The van der Waals surface area contributed by atoms with Gasteiger partial charge in [-0.2, -0.15) is 0 Å². The highest BCUT2D eigenvalue weighted by atomic mass is 16.7. The van der Waals surface area contributed by atoms with Crippen LogP contribution in [0.2, 0.25) is 0 Å². The number of esters is 1. The van der Waals surface area contributed by atoms with Crippen molar-refractivity contribution in [1.82, 2.24) is 5.32 Å². The lowest BCUT2D eigenvalue weighted by atomic mass is 10.1.